The van der Waals surface area contributed by atoms with Crippen LogP contribution in [0, 0.1) is 10.1 Å². The first kappa shape index (κ1) is 20.1. The molecule has 5 nitrogen and oxygen atoms in total. The molecule has 5 heteroatoms. The molecule has 0 aliphatic rings. The van der Waals surface area contributed by atoms with Gasteiger partial charge in [0.1, 0.15) is 0 Å². The van der Waals surface area contributed by atoms with E-state index in [1.54, 1.807) is 12.1 Å². The van der Waals surface area contributed by atoms with Crippen LogP contribution in [0.15, 0.2) is 72.8 Å². The molecule has 0 amide bonds. The van der Waals surface area contributed by atoms with E-state index in [1.165, 1.54) is 12.1 Å². The maximum Gasteiger partial charge on any atom is 0.269 e. The Labute approximate surface area is 159 Å². The molecule has 0 unspecified atom stereocenters. The van der Waals surface area contributed by atoms with Crippen molar-refractivity contribution in [3.8, 4) is 0 Å². The Balaban J connectivity index is 1.88. The summed E-state index contributed by atoms with van der Waals surface area (Å²) in [6.45, 7) is 3.71. The highest BCUT2D eigenvalue weighted by Gasteiger charge is 2.02. The van der Waals surface area contributed by atoms with Crippen molar-refractivity contribution in [2.45, 2.75) is 6.92 Å². The van der Waals surface area contributed by atoms with Crippen LogP contribution in [0.5, 0.6) is 0 Å². The molecule has 0 aliphatic heterocycles. The van der Waals surface area contributed by atoms with Crippen LogP contribution in [0.3, 0.4) is 0 Å². The number of allylic oxidation sites excluding steroid dienone is 4. The number of aliphatic hydroxyl groups is 1. The molecular formula is C22H24N2O3. The Hall–Kier alpha value is -3.18. The van der Waals surface area contributed by atoms with Crippen LogP contribution in [0.25, 0.3) is 12.2 Å². The van der Waals surface area contributed by atoms with Crippen molar-refractivity contribution >= 4 is 23.5 Å². The van der Waals surface area contributed by atoms with Gasteiger partial charge in [0, 0.05) is 30.9 Å². The zero-order valence-corrected chi connectivity index (χ0v) is 15.4. The molecule has 0 fully saturated rings. The van der Waals surface area contributed by atoms with Gasteiger partial charge < -0.3 is 10.0 Å². The van der Waals surface area contributed by atoms with Crippen LogP contribution in [-0.2, 0) is 0 Å². The van der Waals surface area contributed by atoms with Gasteiger partial charge in [-0.1, -0.05) is 48.6 Å². The molecule has 0 radical (unpaired) electrons. The highest BCUT2D eigenvalue weighted by Crippen LogP contribution is 2.16. The first-order chi connectivity index (χ1) is 13.1. The van der Waals surface area contributed by atoms with Crippen LogP contribution in [0.1, 0.15) is 18.1 Å². The largest absolute Gasteiger partial charge is 0.395 e. The Morgan fingerprint density at radius 1 is 0.926 bits per heavy atom. The van der Waals surface area contributed by atoms with E-state index in [1.807, 2.05) is 48.6 Å². The summed E-state index contributed by atoms with van der Waals surface area (Å²) < 4.78 is 0. The van der Waals surface area contributed by atoms with Gasteiger partial charge in [0.05, 0.1) is 11.5 Å². The van der Waals surface area contributed by atoms with Crippen molar-refractivity contribution in [1.82, 2.24) is 0 Å². The van der Waals surface area contributed by atoms with Crippen molar-refractivity contribution in [2.24, 2.45) is 0 Å². The third-order valence-electron chi connectivity index (χ3n) is 4.02. The van der Waals surface area contributed by atoms with Gasteiger partial charge in [-0.25, -0.2) is 0 Å². The molecule has 0 aromatic heterocycles. The van der Waals surface area contributed by atoms with Gasteiger partial charge in [-0.2, -0.15) is 0 Å². The van der Waals surface area contributed by atoms with Gasteiger partial charge in [-0.15, -0.1) is 0 Å². The molecule has 0 saturated carbocycles. The smallest absolute Gasteiger partial charge is 0.269 e. The van der Waals surface area contributed by atoms with Crippen LogP contribution >= 0.6 is 0 Å². The lowest BCUT2D eigenvalue weighted by atomic mass is 10.1. The van der Waals surface area contributed by atoms with Crippen LogP contribution in [-0.4, -0.2) is 29.7 Å². The van der Waals surface area contributed by atoms with Gasteiger partial charge >= 0.3 is 0 Å². The van der Waals surface area contributed by atoms with Gasteiger partial charge in [0.25, 0.3) is 5.69 Å². The summed E-state index contributed by atoms with van der Waals surface area (Å²) in [4.78, 5) is 12.3. The number of rotatable bonds is 9. The summed E-state index contributed by atoms with van der Waals surface area (Å²) in [6.07, 6.45) is 11.6. The predicted molar refractivity (Wildman–Crippen MR) is 112 cm³/mol. The highest BCUT2D eigenvalue weighted by atomic mass is 16.6. The predicted octanol–water partition coefficient (Wildman–Crippen LogP) is 4.70. The van der Waals surface area contributed by atoms with E-state index < -0.39 is 4.92 Å². The number of nitro benzene ring substituents is 1. The van der Waals surface area contributed by atoms with E-state index in [0.29, 0.717) is 6.54 Å². The number of hydrogen-bond acceptors (Lipinski definition) is 4. The number of anilines is 1. The van der Waals surface area contributed by atoms with Gasteiger partial charge in [-0.3, -0.25) is 10.1 Å². The second kappa shape index (κ2) is 10.7. The van der Waals surface area contributed by atoms with Gasteiger partial charge in [-0.05, 0) is 42.3 Å². The standard InChI is InChI=1S/C22H24N2O3/c1-2-23(17-18-25)21-13-9-19(10-14-21)7-5-3-4-6-8-20-11-15-22(16-12-20)24(26)27/h3-16,25H,2,17-18H2,1H3/b4-3+,7-5+,8-6+. The minimum Gasteiger partial charge on any atom is -0.395 e. The average Bonchev–Trinajstić information content (AvgIpc) is 2.69. The molecule has 27 heavy (non-hydrogen) atoms. The minimum absolute atomic E-state index is 0.0927. The molecule has 2 aromatic carbocycles. The van der Waals surface area contributed by atoms with Crippen molar-refractivity contribution < 1.29 is 10.0 Å². The number of likely N-dealkylation sites (N-methyl/N-ethyl adjacent to an activating group) is 1. The maximum atomic E-state index is 10.6. The van der Waals surface area contributed by atoms with Crippen molar-refractivity contribution in [1.29, 1.82) is 0 Å². The number of non-ortho nitro benzene ring substituents is 1. The molecule has 2 aromatic rings. The molecule has 0 bridgehead atoms. The Kier molecular flexibility index (Phi) is 8.00. The van der Waals surface area contributed by atoms with Crippen molar-refractivity contribution in [2.75, 3.05) is 24.6 Å². The topological polar surface area (TPSA) is 66.6 Å². The molecule has 140 valence electrons. The molecule has 0 aliphatic carbocycles. The van der Waals surface area contributed by atoms with Crippen LogP contribution < -0.4 is 4.90 Å². The number of aliphatic hydroxyl groups excluding tert-OH is 1. The third-order valence-corrected chi connectivity index (χ3v) is 4.02. The lowest BCUT2D eigenvalue weighted by molar-refractivity contribution is -0.384. The Morgan fingerprint density at radius 2 is 1.44 bits per heavy atom. The lowest BCUT2D eigenvalue weighted by Crippen LogP contribution is -2.25. The fourth-order valence-electron chi connectivity index (χ4n) is 2.56. The van der Waals surface area contributed by atoms with E-state index in [9.17, 15) is 10.1 Å². The third kappa shape index (κ3) is 6.56. The monoisotopic (exact) mass is 364 g/mol. The summed E-state index contributed by atoms with van der Waals surface area (Å²) in [6, 6.07) is 14.6. The van der Waals surface area contributed by atoms with Crippen LogP contribution in [0.2, 0.25) is 0 Å². The fourth-order valence-corrected chi connectivity index (χ4v) is 2.56. The van der Waals surface area contributed by atoms with E-state index in [2.05, 4.69) is 24.0 Å². The summed E-state index contributed by atoms with van der Waals surface area (Å²) in [7, 11) is 0. The molecule has 1 N–H and O–H groups in total. The summed E-state index contributed by atoms with van der Waals surface area (Å²) in [5, 5.41) is 19.7. The fraction of sp³-hybridized carbons (Fsp3) is 0.182. The maximum absolute atomic E-state index is 10.6. The number of hydrogen-bond donors (Lipinski definition) is 1. The lowest BCUT2D eigenvalue weighted by Gasteiger charge is -2.21. The summed E-state index contributed by atoms with van der Waals surface area (Å²) in [5.74, 6) is 0. The Bertz CT molecular complexity index is 806. The zero-order chi connectivity index (χ0) is 19.5. The first-order valence-corrected chi connectivity index (χ1v) is 8.85. The van der Waals surface area contributed by atoms with E-state index in [4.69, 9.17) is 5.11 Å². The second-order valence-corrected chi connectivity index (χ2v) is 5.85. The van der Waals surface area contributed by atoms with Gasteiger partial charge in [0.2, 0.25) is 0 Å². The van der Waals surface area contributed by atoms with Crippen molar-refractivity contribution in [3.05, 3.63) is 94.1 Å². The Morgan fingerprint density at radius 3 is 1.89 bits per heavy atom. The highest BCUT2D eigenvalue weighted by molar-refractivity contribution is 5.57. The molecule has 0 atom stereocenters. The van der Waals surface area contributed by atoms with E-state index in [0.717, 1.165) is 23.4 Å². The summed E-state index contributed by atoms with van der Waals surface area (Å²) in [5.41, 5.74) is 3.20. The number of nitrogens with zero attached hydrogens (tertiary/aromatic N) is 2. The first-order valence-electron chi connectivity index (χ1n) is 8.85. The molecule has 2 rings (SSSR count). The van der Waals surface area contributed by atoms with Crippen molar-refractivity contribution in [3.63, 3.8) is 0 Å². The van der Waals surface area contributed by atoms with E-state index >= 15 is 0 Å². The zero-order valence-electron chi connectivity index (χ0n) is 15.4. The quantitative estimate of drug-likeness (QED) is 0.398. The van der Waals surface area contributed by atoms with Gasteiger partial charge in [0.15, 0.2) is 0 Å². The molecular weight excluding hydrogens is 340 g/mol. The SMILES string of the molecule is CCN(CCO)c1ccc(/C=C/C=C/C=C/c2ccc([N+](=O)[O-])cc2)cc1. The number of benzene rings is 2. The normalized spacial score (nSPS) is 11.6. The molecule has 0 spiro atoms. The van der Waals surface area contributed by atoms with E-state index in [-0.39, 0.29) is 12.3 Å². The molecule has 0 heterocycles. The summed E-state index contributed by atoms with van der Waals surface area (Å²) >= 11 is 0. The minimum atomic E-state index is -0.406. The number of nitro groups is 1. The van der Waals surface area contributed by atoms with Crippen LogP contribution in [0.4, 0.5) is 11.4 Å². The second-order valence-electron chi connectivity index (χ2n) is 5.85. The average molecular weight is 364 g/mol. The molecule has 0 saturated heterocycles.